The highest BCUT2D eigenvalue weighted by atomic mass is 35.5. The lowest BCUT2D eigenvalue weighted by Crippen LogP contribution is -2.41. The minimum Gasteiger partial charge on any atom is -0.374 e. The van der Waals surface area contributed by atoms with E-state index in [0.717, 1.165) is 30.7 Å². The van der Waals surface area contributed by atoms with E-state index in [2.05, 4.69) is 20.5 Å². The molecule has 2 aliphatic rings. The van der Waals surface area contributed by atoms with Gasteiger partial charge in [-0.15, -0.1) is 0 Å². The first kappa shape index (κ1) is 15.6. The zero-order valence-corrected chi connectivity index (χ0v) is 14.4. The van der Waals surface area contributed by atoms with Crippen LogP contribution in [0.5, 0.6) is 0 Å². The molecule has 24 heavy (non-hydrogen) atoms. The monoisotopic (exact) mass is 346 g/mol. The van der Waals surface area contributed by atoms with Gasteiger partial charge in [0.25, 0.3) is 0 Å². The van der Waals surface area contributed by atoms with E-state index < -0.39 is 5.41 Å². The molecule has 0 radical (unpaired) electrons. The first-order valence-electron chi connectivity index (χ1n) is 8.11. The van der Waals surface area contributed by atoms with Crippen LogP contribution in [-0.2, 0) is 9.53 Å². The molecule has 1 aromatic carbocycles. The fraction of sp³-hybridized carbons (Fsp3) is 0.471. The highest BCUT2D eigenvalue weighted by molar-refractivity contribution is 6.33. The Morgan fingerprint density at radius 3 is 2.88 bits per heavy atom. The van der Waals surface area contributed by atoms with Crippen molar-refractivity contribution in [2.45, 2.75) is 45.3 Å². The van der Waals surface area contributed by atoms with Crippen molar-refractivity contribution in [3.8, 4) is 11.4 Å². The molecule has 0 spiro atoms. The molecule has 2 saturated heterocycles. The standard InChI is InChI=1S/C17H19ClN4O2/c1-9-19-15(22-21-9)12-5-3-10(7-13(12)18)20-16(23)17(2)8-11-4-6-14(17)24-11/h3,5,7,11,14H,4,6,8H2,1-2H3,(H,20,23)(H,19,21,22)/t11-,14-,17+/m1/s1. The van der Waals surface area contributed by atoms with Gasteiger partial charge in [0.15, 0.2) is 5.82 Å². The second-order valence-electron chi connectivity index (χ2n) is 6.84. The molecule has 1 aromatic heterocycles. The van der Waals surface area contributed by atoms with Crippen LogP contribution in [0.1, 0.15) is 32.0 Å². The van der Waals surface area contributed by atoms with Crippen molar-refractivity contribution in [3.05, 3.63) is 29.0 Å². The Kier molecular flexibility index (Phi) is 3.62. The topological polar surface area (TPSA) is 79.9 Å². The Morgan fingerprint density at radius 2 is 2.29 bits per heavy atom. The van der Waals surface area contributed by atoms with Crippen molar-refractivity contribution in [2.24, 2.45) is 5.41 Å². The first-order chi connectivity index (χ1) is 11.5. The predicted molar refractivity (Wildman–Crippen MR) is 90.8 cm³/mol. The van der Waals surface area contributed by atoms with Gasteiger partial charge in [0.1, 0.15) is 5.82 Å². The molecule has 2 aliphatic heterocycles. The molecule has 2 bridgehead atoms. The van der Waals surface area contributed by atoms with Crippen LogP contribution in [0.4, 0.5) is 5.69 Å². The number of nitrogens with one attached hydrogen (secondary N) is 2. The summed E-state index contributed by atoms with van der Waals surface area (Å²) < 4.78 is 5.84. The van der Waals surface area contributed by atoms with Gasteiger partial charge in [0, 0.05) is 11.3 Å². The van der Waals surface area contributed by atoms with Crippen LogP contribution in [0.25, 0.3) is 11.4 Å². The Balaban J connectivity index is 1.53. The van der Waals surface area contributed by atoms with Crippen molar-refractivity contribution in [2.75, 3.05) is 5.32 Å². The van der Waals surface area contributed by atoms with Gasteiger partial charge in [-0.05, 0) is 51.3 Å². The van der Waals surface area contributed by atoms with Crippen LogP contribution >= 0.6 is 11.6 Å². The summed E-state index contributed by atoms with van der Waals surface area (Å²) in [5.74, 6) is 1.26. The molecular formula is C17H19ClN4O2. The van der Waals surface area contributed by atoms with Crippen LogP contribution in [0.15, 0.2) is 18.2 Å². The van der Waals surface area contributed by atoms with E-state index in [1.807, 2.05) is 26.0 Å². The summed E-state index contributed by atoms with van der Waals surface area (Å²) in [6.07, 6.45) is 3.05. The van der Waals surface area contributed by atoms with Crippen molar-refractivity contribution in [1.29, 1.82) is 0 Å². The fourth-order valence-corrected chi connectivity index (χ4v) is 3.94. The number of benzene rings is 1. The highest BCUT2D eigenvalue weighted by Crippen LogP contribution is 2.48. The zero-order chi connectivity index (χ0) is 16.9. The maximum atomic E-state index is 12.7. The number of aromatic nitrogens is 3. The summed E-state index contributed by atoms with van der Waals surface area (Å²) in [4.78, 5) is 17.0. The minimum absolute atomic E-state index is 0.00717. The Labute approximate surface area is 145 Å². The SMILES string of the molecule is Cc1nc(-c2ccc(NC(=O)[C@@]3(C)C[C@H]4CC[C@H]3O4)cc2Cl)n[nH]1. The highest BCUT2D eigenvalue weighted by Gasteiger charge is 2.53. The number of carbonyl (C=O) groups excluding carboxylic acids is 1. The van der Waals surface area contributed by atoms with E-state index in [0.29, 0.717) is 16.5 Å². The minimum atomic E-state index is -0.463. The Hall–Kier alpha value is -1.92. The van der Waals surface area contributed by atoms with Crippen molar-refractivity contribution < 1.29 is 9.53 Å². The number of hydrogen-bond acceptors (Lipinski definition) is 4. The number of aryl methyl sites for hydroxylation is 1. The molecule has 0 saturated carbocycles. The fourth-order valence-electron chi connectivity index (χ4n) is 3.68. The summed E-state index contributed by atoms with van der Waals surface area (Å²) in [6.45, 7) is 3.82. The number of rotatable bonds is 3. The van der Waals surface area contributed by atoms with Gasteiger partial charge in [-0.2, -0.15) is 5.10 Å². The third-order valence-electron chi connectivity index (χ3n) is 5.05. The molecule has 2 fully saturated rings. The number of anilines is 1. The Morgan fingerprint density at radius 1 is 1.46 bits per heavy atom. The van der Waals surface area contributed by atoms with E-state index in [4.69, 9.17) is 16.3 Å². The van der Waals surface area contributed by atoms with E-state index in [9.17, 15) is 4.79 Å². The van der Waals surface area contributed by atoms with Crippen molar-refractivity contribution >= 4 is 23.2 Å². The van der Waals surface area contributed by atoms with Crippen molar-refractivity contribution in [3.63, 3.8) is 0 Å². The average Bonchev–Trinajstić information content (AvgIpc) is 3.23. The second kappa shape index (κ2) is 5.57. The third kappa shape index (κ3) is 2.50. The largest absolute Gasteiger partial charge is 0.374 e. The van der Waals surface area contributed by atoms with Gasteiger partial charge >= 0.3 is 0 Å². The molecule has 126 valence electrons. The Bertz CT molecular complexity index is 806. The number of carbonyl (C=O) groups is 1. The number of nitrogens with zero attached hydrogens (tertiary/aromatic N) is 2. The molecule has 6 nitrogen and oxygen atoms in total. The van der Waals surface area contributed by atoms with E-state index in [-0.39, 0.29) is 18.1 Å². The van der Waals surface area contributed by atoms with Crippen LogP contribution < -0.4 is 5.32 Å². The normalized spacial score (nSPS) is 28.3. The lowest BCUT2D eigenvalue weighted by atomic mass is 9.75. The maximum Gasteiger partial charge on any atom is 0.233 e. The molecular weight excluding hydrogens is 328 g/mol. The maximum absolute atomic E-state index is 12.7. The first-order valence-corrected chi connectivity index (χ1v) is 8.49. The summed E-state index contributed by atoms with van der Waals surface area (Å²) in [6, 6.07) is 5.38. The third-order valence-corrected chi connectivity index (χ3v) is 5.37. The molecule has 7 heteroatoms. The number of fused-ring (bicyclic) bond motifs is 2. The van der Waals surface area contributed by atoms with E-state index in [1.54, 1.807) is 6.07 Å². The van der Waals surface area contributed by atoms with Gasteiger partial charge in [0.05, 0.1) is 22.6 Å². The van der Waals surface area contributed by atoms with E-state index >= 15 is 0 Å². The van der Waals surface area contributed by atoms with Gasteiger partial charge in [0.2, 0.25) is 5.91 Å². The molecule has 0 aliphatic carbocycles. The number of amides is 1. The number of H-pyrrole nitrogens is 1. The molecule has 4 rings (SSSR count). The van der Waals surface area contributed by atoms with Gasteiger partial charge in [-0.1, -0.05) is 11.6 Å². The van der Waals surface area contributed by atoms with Gasteiger partial charge in [-0.3, -0.25) is 9.89 Å². The second-order valence-corrected chi connectivity index (χ2v) is 7.25. The zero-order valence-electron chi connectivity index (χ0n) is 13.6. The van der Waals surface area contributed by atoms with Gasteiger partial charge < -0.3 is 10.1 Å². The number of hydrogen-bond donors (Lipinski definition) is 2. The molecule has 2 aromatic rings. The molecule has 3 atom stereocenters. The summed E-state index contributed by atoms with van der Waals surface area (Å²) in [5, 5.41) is 10.4. The smallest absolute Gasteiger partial charge is 0.233 e. The lowest BCUT2D eigenvalue weighted by Gasteiger charge is -2.29. The van der Waals surface area contributed by atoms with Crippen LogP contribution in [0.3, 0.4) is 0 Å². The number of ether oxygens (including phenoxy) is 1. The van der Waals surface area contributed by atoms with Crippen LogP contribution in [0, 0.1) is 12.3 Å². The predicted octanol–water partition coefficient (Wildman–Crippen LogP) is 3.33. The van der Waals surface area contributed by atoms with E-state index in [1.165, 1.54) is 0 Å². The van der Waals surface area contributed by atoms with Crippen LogP contribution in [-0.4, -0.2) is 33.3 Å². The summed E-state index contributed by atoms with van der Waals surface area (Å²) in [7, 11) is 0. The molecule has 3 heterocycles. The molecule has 0 unspecified atom stereocenters. The summed E-state index contributed by atoms with van der Waals surface area (Å²) >= 11 is 6.34. The number of aromatic amines is 1. The number of halogens is 1. The van der Waals surface area contributed by atoms with Crippen LogP contribution in [0.2, 0.25) is 5.02 Å². The lowest BCUT2D eigenvalue weighted by molar-refractivity contribution is -0.127. The molecule has 2 N–H and O–H groups in total. The molecule has 1 amide bonds. The average molecular weight is 347 g/mol. The van der Waals surface area contributed by atoms with Crippen molar-refractivity contribution in [1.82, 2.24) is 15.2 Å². The quantitative estimate of drug-likeness (QED) is 0.893. The summed E-state index contributed by atoms with van der Waals surface area (Å²) in [5.41, 5.74) is 0.938. The van der Waals surface area contributed by atoms with Gasteiger partial charge in [-0.25, -0.2) is 4.98 Å².